The molecule has 1 aromatic heterocycles. The van der Waals surface area contributed by atoms with Crippen molar-refractivity contribution in [2.24, 2.45) is 16.8 Å². The molecule has 2 fully saturated rings. The molecule has 1 aromatic rings. The highest BCUT2D eigenvalue weighted by atomic mass is 127. The smallest absolute Gasteiger partial charge is 0.191 e. The summed E-state index contributed by atoms with van der Waals surface area (Å²) in [4.78, 5) is 11.0. The molecule has 3 atom stereocenters. The van der Waals surface area contributed by atoms with Crippen molar-refractivity contribution in [3.8, 4) is 0 Å². The minimum atomic E-state index is 0. The lowest BCUT2D eigenvalue weighted by Crippen LogP contribution is -2.46. The largest absolute Gasteiger partial charge is 0.379 e. The van der Waals surface area contributed by atoms with Gasteiger partial charge in [0.05, 0.1) is 19.3 Å². The first-order chi connectivity index (χ1) is 14.2. The van der Waals surface area contributed by atoms with Crippen LogP contribution < -0.4 is 10.6 Å². The number of nitrogens with one attached hydrogen (secondary N) is 2. The summed E-state index contributed by atoms with van der Waals surface area (Å²) in [6, 6.07) is 4.75. The van der Waals surface area contributed by atoms with Crippen LogP contribution in [0.2, 0.25) is 0 Å². The van der Waals surface area contributed by atoms with E-state index in [2.05, 4.69) is 56.8 Å². The van der Waals surface area contributed by atoms with Gasteiger partial charge in [-0.3, -0.25) is 9.89 Å². The number of likely N-dealkylation sites (tertiary alicyclic amines) is 1. The van der Waals surface area contributed by atoms with Crippen LogP contribution in [0, 0.1) is 11.8 Å². The SMILES string of the molecule is CN=C(NCCCN1CC(C)CC(C)C1)NCC(c1cccs1)N1CCOCC1.I. The quantitative estimate of drug-likeness (QED) is 0.226. The van der Waals surface area contributed by atoms with Crippen LogP contribution in [-0.2, 0) is 4.74 Å². The van der Waals surface area contributed by atoms with Crippen LogP contribution in [0.5, 0.6) is 0 Å². The highest BCUT2D eigenvalue weighted by molar-refractivity contribution is 14.0. The van der Waals surface area contributed by atoms with Crippen LogP contribution in [0.1, 0.15) is 37.6 Å². The molecule has 30 heavy (non-hydrogen) atoms. The Bertz CT molecular complexity index is 599. The molecule has 0 aliphatic carbocycles. The molecular formula is C22H40IN5OS. The van der Waals surface area contributed by atoms with Crippen molar-refractivity contribution in [3.05, 3.63) is 22.4 Å². The molecule has 0 bridgehead atoms. The van der Waals surface area contributed by atoms with E-state index in [1.54, 1.807) is 0 Å². The van der Waals surface area contributed by atoms with Crippen LogP contribution in [0.15, 0.2) is 22.5 Å². The maximum atomic E-state index is 5.54. The maximum Gasteiger partial charge on any atom is 0.191 e. The van der Waals surface area contributed by atoms with Gasteiger partial charge in [0.15, 0.2) is 5.96 Å². The summed E-state index contributed by atoms with van der Waals surface area (Å²) in [7, 11) is 1.86. The van der Waals surface area contributed by atoms with E-state index in [-0.39, 0.29) is 24.0 Å². The Hall–Kier alpha value is -0.420. The highest BCUT2D eigenvalue weighted by Gasteiger charge is 2.24. The lowest BCUT2D eigenvalue weighted by molar-refractivity contribution is 0.0177. The Kier molecular flexibility index (Phi) is 12.0. The summed E-state index contributed by atoms with van der Waals surface area (Å²) >= 11 is 1.83. The average molecular weight is 550 g/mol. The first kappa shape index (κ1) is 25.8. The number of hydrogen-bond donors (Lipinski definition) is 2. The maximum absolute atomic E-state index is 5.54. The fourth-order valence-electron chi connectivity index (χ4n) is 4.68. The van der Waals surface area contributed by atoms with Crippen molar-refractivity contribution in [1.82, 2.24) is 20.4 Å². The van der Waals surface area contributed by atoms with Gasteiger partial charge in [0.2, 0.25) is 0 Å². The second kappa shape index (κ2) is 13.9. The molecule has 172 valence electrons. The summed E-state index contributed by atoms with van der Waals surface area (Å²) in [6.45, 7) is 13.9. The van der Waals surface area contributed by atoms with Gasteiger partial charge in [-0.15, -0.1) is 35.3 Å². The van der Waals surface area contributed by atoms with Gasteiger partial charge in [-0.1, -0.05) is 19.9 Å². The van der Waals surface area contributed by atoms with E-state index in [0.29, 0.717) is 6.04 Å². The van der Waals surface area contributed by atoms with Crippen molar-refractivity contribution >= 4 is 41.3 Å². The van der Waals surface area contributed by atoms with Crippen LogP contribution in [-0.4, -0.2) is 81.8 Å². The predicted molar refractivity (Wildman–Crippen MR) is 138 cm³/mol. The third-order valence-corrected chi connectivity index (χ3v) is 6.91. The number of guanidine groups is 1. The van der Waals surface area contributed by atoms with Gasteiger partial charge in [-0.25, -0.2) is 0 Å². The fraction of sp³-hybridized carbons (Fsp3) is 0.773. The molecule has 3 rings (SSSR count). The van der Waals surface area contributed by atoms with Gasteiger partial charge in [0.1, 0.15) is 0 Å². The Labute approximate surface area is 203 Å². The second-order valence-corrected chi connectivity index (χ2v) is 9.60. The molecule has 0 amide bonds. The molecule has 3 heterocycles. The predicted octanol–water partition coefficient (Wildman–Crippen LogP) is 3.27. The summed E-state index contributed by atoms with van der Waals surface area (Å²) in [5.41, 5.74) is 0. The average Bonchev–Trinajstić information content (AvgIpc) is 3.24. The van der Waals surface area contributed by atoms with Gasteiger partial charge in [0, 0.05) is 51.2 Å². The van der Waals surface area contributed by atoms with Crippen molar-refractivity contribution in [3.63, 3.8) is 0 Å². The first-order valence-electron chi connectivity index (χ1n) is 11.2. The number of rotatable bonds is 8. The van der Waals surface area contributed by atoms with Crippen molar-refractivity contribution < 1.29 is 4.74 Å². The van der Waals surface area contributed by atoms with Gasteiger partial charge in [0.25, 0.3) is 0 Å². The summed E-state index contributed by atoms with van der Waals surface area (Å²) in [5.74, 6) is 2.56. The Balaban J connectivity index is 0.00000320. The molecule has 2 saturated heterocycles. The van der Waals surface area contributed by atoms with Gasteiger partial charge >= 0.3 is 0 Å². The van der Waals surface area contributed by atoms with Crippen LogP contribution in [0.25, 0.3) is 0 Å². The number of hydrogen-bond acceptors (Lipinski definition) is 5. The number of thiophene rings is 1. The normalized spacial score (nSPS) is 24.8. The summed E-state index contributed by atoms with van der Waals surface area (Å²) in [6.07, 6.45) is 2.53. The topological polar surface area (TPSA) is 52.1 Å². The van der Waals surface area contributed by atoms with E-state index < -0.39 is 0 Å². The number of piperidine rings is 1. The Morgan fingerprint density at radius 2 is 1.97 bits per heavy atom. The monoisotopic (exact) mass is 549 g/mol. The zero-order valence-corrected chi connectivity index (χ0v) is 22.0. The van der Waals surface area contributed by atoms with E-state index in [0.717, 1.165) is 63.6 Å². The van der Waals surface area contributed by atoms with Gasteiger partial charge < -0.3 is 20.3 Å². The Morgan fingerprint density at radius 3 is 2.60 bits per heavy atom. The standard InChI is InChI=1S/C22H39N5OS.HI/c1-18-14-19(2)17-26(16-18)8-5-7-24-22(23-3)25-15-20(21-6-4-13-29-21)27-9-11-28-12-10-27;/h4,6,13,18-20H,5,7-12,14-17H2,1-3H3,(H2,23,24,25);1H. The third kappa shape index (κ3) is 8.26. The molecule has 2 N–H and O–H groups in total. The molecule has 3 unspecified atom stereocenters. The molecular weight excluding hydrogens is 509 g/mol. The third-order valence-electron chi connectivity index (χ3n) is 5.93. The van der Waals surface area contributed by atoms with Crippen molar-refractivity contribution in [2.45, 2.75) is 32.7 Å². The molecule has 2 aliphatic heterocycles. The zero-order chi connectivity index (χ0) is 20.5. The van der Waals surface area contributed by atoms with E-state index in [1.165, 1.54) is 30.9 Å². The molecule has 2 aliphatic rings. The zero-order valence-electron chi connectivity index (χ0n) is 18.8. The lowest BCUT2D eigenvalue weighted by Gasteiger charge is -2.35. The van der Waals surface area contributed by atoms with Gasteiger partial charge in [-0.2, -0.15) is 0 Å². The molecule has 0 spiro atoms. The van der Waals surface area contributed by atoms with Gasteiger partial charge in [-0.05, 0) is 42.7 Å². The van der Waals surface area contributed by atoms with Crippen molar-refractivity contribution in [1.29, 1.82) is 0 Å². The van der Waals surface area contributed by atoms with E-state index in [9.17, 15) is 0 Å². The summed E-state index contributed by atoms with van der Waals surface area (Å²) in [5, 5.41) is 9.23. The number of aliphatic imine (C=N–C) groups is 1. The molecule has 0 aromatic carbocycles. The second-order valence-electron chi connectivity index (χ2n) is 8.62. The van der Waals surface area contributed by atoms with Crippen LogP contribution >= 0.6 is 35.3 Å². The lowest BCUT2D eigenvalue weighted by atomic mass is 9.92. The molecule has 0 saturated carbocycles. The molecule has 0 radical (unpaired) electrons. The number of nitrogens with zero attached hydrogens (tertiary/aromatic N) is 3. The fourth-order valence-corrected chi connectivity index (χ4v) is 5.54. The van der Waals surface area contributed by atoms with E-state index >= 15 is 0 Å². The molecule has 6 nitrogen and oxygen atoms in total. The first-order valence-corrected chi connectivity index (χ1v) is 12.1. The molecule has 8 heteroatoms. The summed E-state index contributed by atoms with van der Waals surface area (Å²) < 4.78 is 5.54. The minimum absolute atomic E-state index is 0. The van der Waals surface area contributed by atoms with E-state index in [1.807, 2.05) is 18.4 Å². The van der Waals surface area contributed by atoms with Crippen LogP contribution in [0.3, 0.4) is 0 Å². The van der Waals surface area contributed by atoms with Crippen molar-refractivity contribution in [2.75, 3.05) is 66.1 Å². The number of ether oxygens (including phenoxy) is 1. The number of halogens is 1. The number of morpholine rings is 1. The van der Waals surface area contributed by atoms with E-state index in [4.69, 9.17) is 4.74 Å². The van der Waals surface area contributed by atoms with Crippen LogP contribution in [0.4, 0.5) is 0 Å². The minimum Gasteiger partial charge on any atom is -0.379 e. The Morgan fingerprint density at radius 1 is 1.23 bits per heavy atom. The highest BCUT2D eigenvalue weighted by Crippen LogP contribution is 2.25.